The number of carbonyl (C=O) groups is 1. The highest BCUT2D eigenvalue weighted by atomic mass is 32.2. The van der Waals surface area contributed by atoms with Gasteiger partial charge in [-0.25, -0.2) is 8.42 Å². The van der Waals surface area contributed by atoms with E-state index < -0.39 is 16.1 Å². The second-order valence-corrected chi connectivity index (χ2v) is 8.43. The van der Waals surface area contributed by atoms with Crippen molar-refractivity contribution in [3.05, 3.63) is 53.6 Å². The summed E-state index contributed by atoms with van der Waals surface area (Å²) in [5.74, 6) is -0.327. The minimum atomic E-state index is -3.93. The molecule has 0 aliphatic carbocycles. The van der Waals surface area contributed by atoms with Crippen LogP contribution in [0.3, 0.4) is 0 Å². The van der Waals surface area contributed by atoms with Crippen LogP contribution in [0.2, 0.25) is 0 Å². The zero-order valence-electron chi connectivity index (χ0n) is 13.9. The summed E-state index contributed by atoms with van der Waals surface area (Å²) in [5, 5.41) is 2.58. The largest absolute Gasteiger partial charge is 0.358 e. The third kappa shape index (κ3) is 2.68. The Hall–Kier alpha value is -2.36. The Balaban J connectivity index is 1.85. The molecule has 1 aromatic heterocycles. The van der Waals surface area contributed by atoms with Gasteiger partial charge < -0.3 is 5.32 Å². The van der Waals surface area contributed by atoms with Gasteiger partial charge in [-0.05, 0) is 29.7 Å². The predicted octanol–water partition coefficient (Wildman–Crippen LogP) is 1.55. The van der Waals surface area contributed by atoms with Crippen molar-refractivity contribution in [2.24, 2.45) is 0 Å². The van der Waals surface area contributed by atoms with Gasteiger partial charge in [0.1, 0.15) is 22.0 Å². The maximum atomic E-state index is 13.4. The number of nitrogens with zero attached hydrogens (tertiary/aromatic N) is 3. The minimum Gasteiger partial charge on any atom is -0.358 e. The van der Waals surface area contributed by atoms with Crippen LogP contribution in [0.25, 0.3) is 11.0 Å². The van der Waals surface area contributed by atoms with Crippen LogP contribution in [0.1, 0.15) is 11.1 Å². The Bertz CT molecular complexity index is 1090. The average Bonchev–Trinajstić information content (AvgIpc) is 3.15. The van der Waals surface area contributed by atoms with Crippen LogP contribution in [-0.2, 0) is 27.8 Å². The quantitative estimate of drug-likeness (QED) is 0.735. The molecule has 7 nitrogen and oxygen atoms in total. The number of amides is 1. The summed E-state index contributed by atoms with van der Waals surface area (Å²) in [6, 6.07) is 11.7. The molecule has 2 heterocycles. The van der Waals surface area contributed by atoms with Gasteiger partial charge in [-0.15, -0.1) is 0 Å². The number of benzene rings is 2. The van der Waals surface area contributed by atoms with Crippen LogP contribution in [-0.4, -0.2) is 40.5 Å². The fraction of sp³-hybridized carbons (Fsp3) is 0.235. The van der Waals surface area contributed by atoms with E-state index in [0.717, 1.165) is 22.9 Å². The maximum Gasteiger partial charge on any atom is 0.246 e. The lowest BCUT2D eigenvalue weighted by molar-refractivity contribution is -0.124. The lowest BCUT2D eigenvalue weighted by Crippen LogP contribution is -2.51. The molecule has 134 valence electrons. The van der Waals surface area contributed by atoms with Crippen LogP contribution >= 0.6 is 11.7 Å². The number of sulfonamides is 1. The van der Waals surface area contributed by atoms with Crippen LogP contribution in [0, 0.1) is 0 Å². The Kier molecular flexibility index (Phi) is 4.22. The summed E-state index contributed by atoms with van der Waals surface area (Å²) in [7, 11) is -2.42. The Morgan fingerprint density at radius 2 is 1.92 bits per heavy atom. The first-order chi connectivity index (χ1) is 12.5. The number of hydrogen-bond donors (Lipinski definition) is 1. The number of rotatable bonds is 3. The van der Waals surface area contributed by atoms with Gasteiger partial charge >= 0.3 is 0 Å². The third-order valence-electron chi connectivity index (χ3n) is 4.59. The van der Waals surface area contributed by atoms with Crippen molar-refractivity contribution in [3.8, 4) is 0 Å². The van der Waals surface area contributed by atoms with Gasteiger partial charge in [0.25, 0.3) is 0 Å². The molecule has 0 saturated heterocycles. The molecule has 0 unspecified atom stereocenters. The summed E-state index contributed by atoms with van der Waals surface area (Å²) >= 11 is 0.968. The first kappa shape index (κ1) is 17.1. The summed E-state index contributed by atoms with van der Waals surface area (Å²) in [6.45, 7) is 0.143. The Morgan fingerprint density at radius 3 is 2.69 bits per heavy atom. The van der Waals surface area contributed by atoms with Crippen molar-refractivity contribution >= 4 is 38.7 Å². The van der Waals surface area contributed by atoms with E-state index in [-0.39, 0.29) is 17.3 Å². The van der Waals surface area contributed by atoms with Crippen molar-refractivity contribution in [1.82, 2.24) is 18.4 Å². The van der Waals surface area contributed by atoms with E-state index in [2.05, 4.69) is 14.1 Å². The van der Waals surface area contributed by atoms with Crippen molar-refractivity contribution < 1.29 is 13.2 Å². The highest BCUT2D eigenvalue weighted by molar-refractivity contribution is 7.89. The normalized spacial score (nSPS) is 17.8. The number of hydrogen-bond acceptors (Lipinski definition) is 6. The van der Waals surface area contributed by atoms with E-state index in [9.17, 15) is 13.2 Å². The van der Waals surface area contributed by atoms with E-state index in [0.29, 0.717) is 17.5 Å². The van der Waals surface area contributed by atoms with Crippen LogP contribution in [0.5, 0.6) is 0 Å². The number of nitrogens with one attached hydrogen (secondary N) is 1. The van der Waals surface area contributed by atoms with Crippen LogP contribution in [0.4, 0.5) is 0 Å². The third-order valence-corrected chi connectivity index (χ3v) is 7.02. The topological polar surface area (TPSA) is 92.3 Å². The molecule has 1 N–H and O–H groups in total. The zero-order chi connectivity index (χ0) is 18.3. The molecule has 1 aliphatic rings. The van der Waals surface area contributed by atoms with E-state index >= 15 is 0 Å². The number of carbonyl (C=O) groups excluding carboxylic acids is 1. The SMILES string of the molecule is CNC(=O)[C@@H]1Cc2ccccc2CN1S(=O)(=O)c1cccc2nsnc12. The molecule has 4 rings (SSSR count). The molecule has 0 radical (unpaired) electrons. The number of aromatic nitrogens is 2. The van der Waals surface area contributed by atoms with Crippen LogP contribution < -0.4 is 5.32 Å². The van der Waals surface area contributed by atoms with Gasteiger partial charge in [0.05, 0.1) is 11.7 Å². The highest BCUT2D eigenvalue weighted by Crippen LogP contribution is 2.31. The fourth-order valence-electron chi connectivity index (χ4n) is 3.26. The van der Waals surface area contributed by atoms with E-state index in [1.165, 1.54) is 17.4 Å². The van der Waals surface area contributed by atoms with E-state index in [4.69, 9.17) is 0 Å². The molecular formula is C17H16N4O3S2. The molecule has 2 aromatic carbocycles. The summed E-state index contributed by atoms with van der Waals surface area (Å²) in [4.78, 5) is 12.5. The van der Waals surface area contributed by atoms with E-state index in [1.54, 1.807) is 12.1 Å². The molecule has 0 fully saturated rings. The van der Waals surface area contributed by atoms with E-state index in [1.807, 2.05) is 24.3 Å². The van der Waals surface area contributed by atoms with Crippen molar-refractivity contribution in [2.45, 2.75) is 23.9 Å². The fourth-order valence-corrected chi connectivity index (χ4v) is 5.58. The van der Waals surface area contributed by atoms with Crippen molar-refractivity contribution in [2.75, 3.05) is 7.05 Å². The second-order valence-electron chi connectivity index (χ2n) is 6.04. The summed E-state index contributed by atoms with van der Waals surface area (Å²) in [5.41, 5.74) is 2.76. The molecule has 26 heavy (non-hydrogen) atoms. The first-order valence-corrected chi connectivity index (χ1v) is 10.2. The monoisotopic (exact) mass is 388 g/mol. The first-order valence-electron chi connectivity index (χ1n) is 8.04. The molecule has 0 bridgehead atoms. The second kappa shape index (κ2) is 6.42. The summed E-state index contributed by atoms with van der Waals surface area (Å²) in [6.07, 6.45) is 0.334. The predicted molar refractivity (Wildman–Crippen MR) is 98.1 cm³/mol. The molecular weight excluding hydrogens is 372 g/mol. The maximum absolute atomic E-state index is 13.4. The molecule has 1 aliphatic heterocycles. The lowest BCUT2D eigenvalue weighted by Gasteiger charge is -2.34. The smallest absolute Gasteiger partial charge is 0.246 e. The molecule has 9 heteroatoms. The molecule has 3 aromatic rings. The van der Waals surface area contributed by atoms with Gasteiger partial charge in [0.15, 0.2) is 0 Å². The number of fused-ring (bicyclic) bond motifs is 2. The molecule has 1 amide bonds. The minimum absolute atomic E-state index is 0.0806. The Labute approximate surface area is 155 Å². The molecule has 1 atom stereocenters. The van der Waals surface area contributed by atoms with Gasteiger partial charge in [0, 0.05) is 13.6 Å². The average molecular weight is 388 g/mol. The highest BCUT2D eigenvalue weighted by Gasteiger charge is 2.40. The molecule has 0 spiro atoms. The van der Waals surface area contributed by atoms with Crippen molar-refractivity contribution in [1.29, 1.82) is 0 Å². The molecule has 0 saturated carbocycles. The van der Waals surface area contributed by atoms with Crippen LogP contribution in [0.15, 0.2) is 47.4 Å². The van der Waals surface area contributed by atoms with Crippen molar-refractivity contribution in [3.63, 3.8) is 0 Å². The number of likely N-dealkylation sites (N-methyl/N-ethyl adjacent to an activating group) is 1. The Morgan fingerprint density at radius 1 is 1.15 bits per heavy atom. The van der Waals surface area contributed by atoms with Gasteiger partial charge in [-0.2, -0.15) is 13.1 Å². The standard InChI is InChI=1S/C17H16N4O3S2/c1-18-17(22)14-9-11-5-2-3-6-12(11)10-21(14)26(23,24)15-8-4-7-13-16(15)20-25-19-13/h2-8,14H,9-10H2,1H3,(H,18,22)/t14-/m0/s1. The van der Waals surface area contributed by atoms with Gasteiger partial charge in [-0.3, -0.25) is 4.79 Å². The van der Waals surface area contributed by atoms with Gasteiger partial charge in [0.2, 0.25) is 15.9 Å². The van der Waals surface area contributed by atoms with Gasteiger partial charge in [-0.1, -0.05) is 30.3 Å². The zero-order valence-corrected chi connectivity index (χ0v) is 15.5. The summed E-state index contributed by atoms with van der Waals surface area (Å²) < 4.78 is 36.4. The lowest BCUT2D eigenvalue weighted by atomic mass is 9.95.